The van der Waals surface area contributed by atoms with E-state index in [-0.39, 0.29) is 12.3 Å². The van der Waals surface area contributed by atoms with Gasteiger partial charge in [-0.15, -0.1) is 0 Å². The minimum atomic E-state index is -1.86. The molecule has 0 saturated carbocycles. The molecular formula is C27H23N2O6P. The number of carbonyl (C=O) groups is 1. The molecular weight excluding hydrogens is 479 g/mol. The lowest BCUT2D eigenvalue weighted by atomic mass is 10.2. The predicted octanol–water partition coefficient (Wildman–Crippen LogP) is 6.99. The van der Waals surface area contributed by atoms with Crippen LogP contribution in [0.1, 0.15) is 16.9 Å². The molecule has 1 amide bonds. The number of nitrogens with zero attached hydrogens (tertiary/aromatic N) is 1. The highest BCUT2D eigenvalue weighted by atomic mass is 31.2. The number of alkyl carbamates (subject to hydrolysis) is 1. The van der Waals surface area contributed by atoms with Gasteiger partial charge in [-0.05, 0) is 47.5 Å². The van der Waals surface area contributed by atoms with Crippen LogP contribution in [0.2, 0.25) is 0 Å². The van der Waals surface area contributed by atoms with Crippen LogP contribution in [0.3, 0.4) is 0 Å². The molecule has 0 aromatic heterocycles. The van der Waals surface area contributed by atoms with Crippen molar-refractivity contribution in [1.82, 2.24) is 5.32 Å². The maximum atomic E-state index is 12.8. The van der Waals surface area contributed by atoms with Crippen LogP contribution in [-0.2, 0) is 11.3 Å². The van der Waals surface area contributed by atoms with Crippen molar-refractivity contribution in [2.45, 2.75) is 12.4 Å². The molecule has 0 saturated heterocycles. The van der Waals surface area contributed by atoms with Gasteiger partial charge in [0.15, 0.2) is 5.78 Å². The zero-order chi connectivity index (χ0) is 25.2. The average molecular weight is 502 g/mol. The SMILES string of the molecule is O=C(NC(c1ccc([N+](=O)[O-])cc1)P(Oc1ccccc1)Oc1ccccc1)OCc1ccccc1. The summed E-state index contributed by atoms with van der Waals surface area (Å²) in [7, 11) is -1.86. The van der Waals surface area contributed by atoms with Crippen LogP contribution in [0.25, 0.3) is 0 Å². The number of para-hydroxylation sites is 2. The number of hydrogen-bond acceptors (Lipinski definition) is 6. The summed E-state index contributed by atoms with van der Waals surface area (Å²) in [6.45, 7) is 0.0800. The van der Waals surface area contributed by atoms with Crippen molar-refractivity contribution in [3.8, 4) is 11.5 Å². The molecule has 0 aliphatic rings. The first-order valence-electron chi connectivity index (χ1n) is 11.1. The molecule has 0 aliphatic heterocycles. The monoisotopic (exact) mass is 502 g/mol. The number of amides is 1. The van der Waals surface area contributed by atoms with Crippen LogP contribution in [0, 0.1) is 10.1 Å². The van der Waals surface area contributed by atoms with E-state index < -0.39 is 25.2 Å². The molecule has 0 fully saturated rings. The Kier molecular flexibility index (Phi) is 8.46. The van der Waals surface area contributed by atoms with Crippen molar-refractivity contribution in [2.24, 2.45) is 0 Å². The van der Waals surface area contributed by atoms with Gasteiger partial charge < -0.3 is 19.1 Å². The summed E-state index contributed by atoms with van der Waals surface area (Å²) in [5, 5.41) is 14.0. The first-order valence-corrected chi connectivity index (χ1v) is 12.3. The van der Waals surface area contributed by atoms with Crippen LogP contribution >= 0.6 is 8.38 Å². The first kappa shape index (κ1) is 24.7. The molecule has 9 heteroatoms. The molecule has 4 aromatic carbocycles. The summed E-state index contributed by atoms with van der Waals surface area (Å²) in [5.41, 5.74) is 1.33. The average Bonchev–Trinajstić information content (AvgIpc) is 2.92. The number of nitrogens with one attached hydrogen (secondary N) is 1. The number of nitro benzene ring substituents is 1. The highest BCUT2D eigenvalue weighted by molar-refractivity contribution is 7.48. The molecule has 0 heterocycles. The second-order valence-electron chi connectivity index (χ2n) is 7.55. The third-order valence-corrected chi connectivity index (χ3v) is 6.61. The van der Waals surface area contributed by atoms with Crippen molar-refractivity contribution >= 4 is 20.2 Å². The Hall–Kier alpha value is -4.42. The third-order valence-electron chi connectivity index (χ3n) is 4.97. The standard InChI is InChI=1S/C27H23N2O6P/c30-27(33-20-21-10-4-1-5-11-21)28-26(22-16-18-23(19-17-22)29(31)32)36(34-24-12-6-2-7-13-24)35-25-14-8-3-9-15-25/h1-19,26H,20H2,(H,28,30). The van der Waals surface area contributed by atoms with Gasteiger partial charge in [0.1, 0.15) is 18.1 Å². The van der Waals surface area contributed by atoms with Crippen LogP contribution in [-0.4, -0.2) is 11.0 Å². The van der Waals surface area contributed by atoms with Gasteiger partial charge in [0.25, 0.3) is 5.69 Å². The predicted molar refractivity (Wildman–Crippen MR) is 137 cm³/mol. The van der Waals surface area contributed by atoms with Gasteiger partial charge in [-0.1, -0.05) is 66.7 Å². The van der Waals surface area contributed by atoms with E-state index in [1.165, 1.54) is 12.1 Å². The van der Waals surface area contributed by atoms with Crippen molar-refractivity contribution < 1.29 is 23.5 Å². The van der Waals surface area contributed by atoms with E-state index in [1.54, 1.807) is 36.4 Å². The van der Waals surface area contributed by atoms with E-state index in [9.17, 15) is 14.9 Å². The summed E-state index contributed by atoms with van der Waals surface area (Å²) in [4.78, 5) is 23.5. The minimum Gasteiger partial charge on any atom is -0.445 e. The van der Waals surface area contributed by atoms with Crippen LogP contribution in [0.15, 0.2) is 115 Å². The van der Waals surface area contributed by atoms with E-state index in [0.717, 1.165) is 5.56 Å². The molecule has 0 bridgehead atoms. The third kappa shape index (κ3) is 7.04. The number of hydrogen-bond donors (Lipinski definition) is 1. The summed E-state index contributed by atoms with van der Waals surface area (Å²) in [6, 6.07) is 33.3. The smallest absolute Gasteiger partial charge is 0.408 e. The molecule has 8 nitrogen and oxygen atoms in total. The molecule has 0 aliphatic carbocycles. The van der Waals surface area contributed by atoms with Crippen LogP contribution in [0.5, 0.6) is 11.5 Å². The Balaban J connectivity index is 1.62. The zero-order valence-electron chi connectivity index (χ0n) is 19.1. The Morgan fingerprint density at radius 2 is 1.28 bits per heavy atom. The summed E-state index contributed by atoms with van der Waals surface area (Å²) < 4.78 is 17.9. The number of benzene rings is 4. The molecule has 1 atom stereocenters. The second-order valence-corrected chi connectivity index (χ2v) is 9.00. The van der Waals surface area contributed by atoms with E-state index in [1.807, 2.05) is 66.7 Å². The largest absolute Gasteiger partial charge is 0.445 e. The molecule has 4 rings (SSSR count). The van der Waals surface area contributed by atoms with Gasteiger partial charge in [0.05, 0.1) is 4.92 Å². The zero-order valence-corrected chi connectivity index (χ0v) is 20.0. The van der Waals surface area contributed by atoms with E-state index >= 15 is 0 Å². The topological polar surface area (TPSA) is 99.9 Å². The van der Waals surface area contributed by atoms with Crippen LogP contribution in [0.4, 0.5) is 10.5 Å². The molecule has 0 radical (unpaired) electrons. The fourth-order valence-electron chi connectivity index (χ4n) is 3.21. The van der Waals surface area contributed by atoms with Crippen molar-refractivity contribution in [1.29, 1.82) is 0 Å². The summed E-state index contributed by atoms with van der Waals surface area (Å²) >= 11 is 0. The Labute approximate surface area is 209 Å². The quantitative estimate of drug-likeness (QED) is 0.143. The maximum Gasteiger partial charge on any atom is 0.408 e. The molecule has 182 valence electrons. The molecule has 36 heavy (non-hydrogen) atoms. The molecule has 1 unspecified atom stereocenters. The minimum absolute atomic E-state index is 0.0681. The normalized spacial score (nSPS) is 11.4. The molecule has 4 aromatic rings. The molecule has 0 spiro atoms. The highest BCUT2D eigenvalue weighted by Crippen LogP contribution is 2.51. The first-order chi connectivity index (χ1) is 17.6. The van der Waals surface area contributed by atoms with Gasteiger partial charge in [0.2, 0.25) is 0 Å². The van der Waals surface area contributed by atoms with Gasteiger partial charge in [-0.25, -0.2) is 4.79 Å². The van der Waals surface area contributed by atoms with Gasteiger partial charge in [0, 0.05) is 12.1 Å². The number of carbonyl (C=O) groups excluding carboxylic acids is 1. The highest BCUT2D eigenvalue weighted by Gasteiger charge is 2.32. The second kappa shape index (κ2) is 12.3. The lowest BCUT2D eigenvalue weighted by molar-refractivity contribution is -0.384. The van der Waals surface area contributed by atoms with Crippen molar-refractivity contribution in [3.05, 3.63) is 137 Å². The van der Waals surface area contributed by atoms with Gasteiger partial charge in [-0.2, -0.15) is 0 Å². The Bertz CT molecular complexity index is 1220. The molecule has 1 N–H and O–H groups in total. The van der Waals surface area contributed by atoms with Crippen LogP contribution < -0.4 is 14.4 Å². The van der Waals surface area contributed by atoms with E-state index in [0.29, 0.717) is 17.1 Å². The van der Waals surface area contributed by atoms with E-state index in [2.05, 4.69) is 5.32 Å². The fraction of sp³-hybridized carbons (Fsp3) is 0.0741. The number of nitro groups is 1. The Morgan fingerprint density at radius 1 is 0.778 bits per heavy atom. The number of non-ortho nitro benzene ring substituents is 1. The number of ether oxygens (including phenoxy) is 1. The van der Waals surface area contributed by atoms with Crippen molar-refractivity contribution in [2.75, 3.05) is 0 Å². The maximum absolute atomic E-state index is 12.8. The summed E-state index contributed by atoms with van der Waals surface area (Å²) in [6.07, 6.45) is -0.678. The van der Waals surface area contributed by atoms with E-state index in [4.69, 9.17) is 13.8 Å². The lowest BCUT2D eigenvalue weighted by Crippen LogP contribution is -2.30. The van der Waals surface area contributed by atoms with Gasteiger partial charge in [-0.3, -0.25) is 10.1 Å². The van der Waals surface area contributed by atoms with Gasteiger partial charge >= 0.3 is 14.5 Å². The number of rotatable bonds is 10. The summed E-state index contributed by atoms with van der Waals surface area (Å²) in [5.74, 6) is 0.293. The lowest BCUT2D eigenvalue weighted by Gasteiger charge is -2.27. The van der Waals surface area contributed by atoms with Crippen molar-refractivity contribution in [3.63, 3.8) is 0 Å². The Morgan fingerprint density at radius 3 is 1.78 bits per heavy atom. The fourth-order valence-corrected chi connectivity index (χ4v) is 4.74.